The van der Waals surface area contributed by atoms with Gasteiger partial charge in [0, 0.05) is 10.4 Å². The predicted octanol–water partition coefficient (Wildman–Crippen LogP) is 4.34. The fourth-order valence-corrected chi connectivity index (χ4v) is 5.97. The zero-order chi connectivity index (χ0) is 19.3. The highest BCUT2D eigenvalue weighted by Gasteiger charge is 2.23. The van der Waals surface area contributed by atoms with Crippen LogP contribution in [0.15, 0.2) is 29.3 Å². The molecule has 0 saturated heterocycles. The Bertz CT molecular complexity index is 1140. The molecule has 4 nitrogen and oxygen atoms in total. The summed E-state index contributed by atoms with van der Waals surface area (Å²) < 4.78 is 1.50. The highest BCUT2D eigenvalue weighted by atomic mass is 32.1. The number of ketones is 1. The molecule has 0 amide bonds. The second-order valence-corrected chi connectivity index (χ2v) is 9.41. The van der Waals surface area contributed by atoms with Gasteiger partial charge in [-0.05, 0) is 73.6 Å². The summed E-state index contributed by atoms with van der Waals surface area (Å²) in [4.78, 5) is 32.6. The van der Waals surface area contributed by atoms with Gasteiger partial charge in [0.25, 0.3) is 5.56 Å². The van der Waals surface area contributed by atoms with Crippen molar-refractivity contribution in [2.45, 2.75) is 58.4 Å². The van der Waals surface area contributed by atoms with Gasteiger partial charge in [0.05, 0.1) is 18.3 Å². The van der Waals surface area contributed by atoms with Crippen LogP contribution >= 0.6 is 11.3 Å². The van der Waals surface area contributed by atoms with Crippen molar-refractivity contribution in [2.75, 3.05) is 0 Å². The van der Waals surface area contributed by atoms with E-state index in [4.69, 9.17) is 0 Å². The Morgan fingerprint density at radius 2 is 2.04 bits per heavy atom. The number of carbonyl (C=O) groups excluding carboxylic acids is 1. The highest BCUT2D eigenvalue weighted by Crippen LogP contribution is 2.35. The van der Waals surface area contributed by atoms with E-state index in [1.54, 1.807) is 17.7 Å². The first-order chi connectivity index (χ1) is 13.6. The zero-order valence-corrected chi connectivity index (χ0v) is 17.0. The topological polar surface area (TPSA) is 52.0 Å². The number of hydrogen-bond acceptors (Lipinski definition) is 4. The van der Waals surface area contributed by atoms with Crippen molar-refractivity contribution in [1.29, 1.82) is 0 Å². The zero-order valence-electron chi connectivity index (χ0n) is 16.2. The number of rotatable bonds is 3. The molecule has 1 aromatic carbocycles. The second kappa shape index (κ2) is 6.96. The van der Waals surface area contributed by atoms with Crippen LogP contribution < -0.4 is 5.56 Å². The van der Waals surface area contributed by atoms with Gasteiger partial charge in [0.2, 0.25) is 0 Å². The van der Waals surface area contributed by atoms with Crippen molar-refractivity contribution in [1.82, 2.24) is 9.55 Å². The number of fused-ring (bicyclic) bond motifs is 4. The van der Waals surface area contributed by atoms with Crippen molar-refractivity contribution in [2.24, 2.45) is 5.92 Å². The van der Waals surface area contributed by atoms with E-state index in [-0.39, 0.29) is 17.9 Å². The number of hydrogen-bond donors (Lipinski definition) is 0. The Kier molecular flexibility index (Phi) is 4.43. The van der Waals surface area contributed by atoms with Gasteiger partial charge in [-0.2, -0.15) is 0 Å². The van der Waals surface area contributed by atoms with E-state index in [9.17, 15) is 9.59 Å². The average Bonchev–Trinajstić information content (AvgIpc) is 3.07. The maximum Gasteiger partial charge on any atom is 0.262 e. The molecular formula is C23H24N2O2S. The number of aryl methyl sites for hydroxylation is 3. The van der Waals surface area contributed by atoms with E-state index in [0.717, 1.165) is 42.3 Å². The van der Waals surface area contributed by atoms with Crippen LogP contribution in [0.2, 0.25) is 0 Å². The number of thiophene rings is 1. The molecule has 0 aliphatic heterocycles. The maximum absolute atomic E-state index is 13.1. The fraction of sp³-hybridized carbons (Fsp3) is 0.435. The Balaban J connectivity index is 1.47. The lowest BCUT2D eigenvalue weighted by Crippen LogP contribution is -2.25. The molecule has 0 saturated carbocycles. The fourth-order valence-electron chi connectivity index (χ4n) is 4.63. The lowest BCUT2D eigenvalue weighted by Gasteiger charge is -2.17. The lowest BCUT2D eigenvalue weighted by atomic mass is 9.89. The molecule has 0 spiro atoms. The van der Waals surface area contributed by atoms with Crippen LogP contribution in [-0.2, 0) is 32.2 Å². The summed E-state index contributed by atoms with van der Waals surface area (Å²) in [6.07, 6.45) is 9.19. The van der Waals surface area contributed by atoms with Gasteiger partial charge < -0.3 is 0 Å². The minimum absolute atomic E-state index is 0.0191. The molecule has 2 aromatic heterocycles. The molecule has 5 heteroatoms. The Labute approximate surface area is 168 Å². The maximum atomic E-state index is 13.1. The molecular weight excluding hydrogens is 368 g/mol. The van der Waals surface area contributed by atoms with Gasteiger partial charge in [-0.1, -0.05) is 19.1 Å². The molecule has 0 radical (unpaired) electrons. The second-order valence-electron chi connectivity index (χ2n) is 8.32. The summed E-state index contributed by atoms with van der Waals surface area (Å²) in [5, 5.41) is 0.743. The van der Waals surface area contributed by atoms with Gasteiger partial charge in [-0.25, -0.2) is 4.98 Å². The van der Waals surface area contributed by atoms with E-state index in [0.29, 0.717) is 11.5 Å². The van der Waals surface area contributed by atoms with E-state index < -0.39 is 0 Å². The van der Waals surface area contributed by atoms with Crippen LogP contribution in [0.5, 0.6) is 0 Å². The summed E-state index contributed by atoms with van der Waals surface area (Å²) >= 11 is 1.65. The summed E-state index contributed by atoms with van der Waals surface area (Å²) in [5.41, 5.74) is 4.46. The highest BCUT2D eigenvalue weighted by molar-refractivity contribution is 7.18. The molecule has 3 aromatic rings. The van der Waals surface area contributed by atoms with Crippen LogP contribution in [0, 0.1) is 5.92 Å². The summed E-state index contributed by atoms with van der Waals surface area (Å²) in [5.74, 6) is 0.641. The molecule has 2 aliphatic carbocycles. The van der Waals surface area contributed by atoms with Crippen molar-refractivity contribution >= 4 is 27.3 Å². The van der Waals surface area contributed by atoms with E-state index in [2.05, 4.69) is 18.0 Å². The first-order valence-corrected chi connectivity index (χ1v) is 11.1. The predicted molar refractivity (Wildman–Crippen MR) is 112 cm³/mol. The van der Waals surface area contributed by atoms with Crippen LogP contribution in [0.1, 0.15) is 58.1 Å². The van der Waals surface area contributed by atoms with Gasteiger partial charge in [0.1, 0.15) is 4.83 Å². The number of carbonyl (C=O) groups is 1. The number of benzene rings is 1. The molecule has 0 fully saturated rings. The SMILES string of the molecule is C[C@H]1CCc2c(sc3ncn(CC(=O)c4ccc5c(c4)CCCC5)c(=O)c23)C1. The van der Waals surface area contributed by atoms with Gasteiger partial charge in [-0.3, -0.25) is 14.2 Å². The third-order valence-corrected chi connectivity index (χ3v) is 7.43. The molecule has 2 heterocycles. The Morgan fingerprint density at radius 3 is 2.89 bits per heavy atom. The molecule has 0 bridgehead atoms. The quantitative estimate of drug-likeness (QED) is 0.623. The van der Waals surface area contributed by atoms with Crippen LogP contribution in [0.25, 0.3) is 10.2 Å². The molecule has 0 N–H and O–H groups in total. The number of nitrogens with zero attached hydrogens (tertiary/aromatic N) is 2. The van der Waals surface area contributed by atoms with E-state index in [1.807, 2.05) is 12.1 Å². The summed E-state index contributed by atoms with van der Waals surface area (Å²) in [6.45, 7) is 2.32. The minimum atomic E-state index is -0.0663. The third kappa shape index (κ3) is 3.02. The van der Waals surface area contributed by atoms with Gasteiger partial charge in [-0.15, -0.1) is 11.3 Å². The normalized spacial score (nSPS) is 18.7. The van der Waals surface area contributed by atoms with Crippen molar-refractivity contribution in [3.8, 4) is 0 Å². The molecule has 2 aliphatic rings. The molecule has 28 heavy (non-hydrogen) atoms. The van der Waals surface area contributed by atoms with Crippen molar-refractivity contribution in [3.05, 3.63) is 62.0 Å². The monoisotopic (exact) mass is 392 g/mol. The first kappa shape index (κ1) is 17.8. The van der Waals surface area contributed by atoms with Crippen molar-refractivity contribution < 1.29 is 4.79 Å². The third-order valence-electron chi connectivity index (χ3n) is 6.27. The average molecular weight is 393 g/mol. The largest absolute Gasteiger partial charge is 0.292 e. The number of aromatic nitrogens is 2. The minimum Gasteiger partial charge on any atom is -0.292 e. The van der Waals surface area contributed by atoms with Crippen LogP contribution in [0.3, 0.4) is 0 Å². The van der Waals surface area contributed by atoms with E-state index in [1.165, 1.54) is 39.0 Å². The molecule has 0 unspecified atom stereocenters. The summed E-state index contributed by atoms with van der Waals surface area (Å²) in [7, 11) is 0. The smallest absolute Gasteiger partial charge is 0.262 e. The van der Waals surface area contributed by atoms with E-state index >= 15 is 0 Å². The Hall–Kier alpha value is -2.27. The van der Waals surface area contributed by atoms with Crippen LogP contribution in [-0.4, -0.2) is 15.3 Å². The molecule has 5 rings (SSSR count). The summed E-state index contributed by atoms with van der Waals surface area (Å²) in [6, 6.07) is 6.03. The molecule has 1 atom stereocenters. The number of Topliss-reactive ketones (excluding diaryl/α,β-unsaturated/α-hetero) is 1. The first-order valence-electron chi connectivity index (χ1n) is 10.2. The van der Waals surface area contributed by atoms with Crippen LogP contribution in [0.4, 0.5) is 0 Å². The standard InChI is InChI=1S/C23H24N2O2S/c1-14-6-9-18-20(10-14)28-22-21(18)23(27)25(13-24-22)12-19(26)17-8-7-15-4-2-3-5-16(15)11-17/h7-8,11,13-14H,2-6,9-10,12H2,1H3/t14-/m0/s1. The lowest BCUT2D eigenvalue weighted by molar-refractivity contribution is 0.0970. The van der Waals surface area contributed by atoms with Gasteiger partial charge >= 0.3 is 0 Å². The molecule has 144 valence electrons. The van der Waals surface area contributed by atoms with Crippen molar-refractivity contribution in [3.63, 3.8) is 0 Å². The Morgan fingerprint density at radius 1 is 1.21 bits per heavy atom. The van der Waals surface area contributed by atoms with Gasteiger partial charge in [0.15, 0.2) is 5.78 Å².